The van der Waals surface area contributed by atoms with Gasteiger partial charge in [0.15, 0.2) is 0 Å². The molecule has 0 bridgehead atoms. The predicted octanol–water partition coefficient (Wildman–Crippen LogP) is 5.26. The van der Waals surface area contributed by atoms with Crippen molar-refractivity contribution in [3.05, 3.63) is 71.0 Å². The summed E-state index contributed by atoms with van der Waals surface area (Å²) in [5, 5.41) is 3.34. The minimum atomic E-state index is -0.235. The van der Waals surface area contributed by atoms with E-state index in [2.05, 4.69) is 16.0 Å². The average molecular weight is 412 g/mol. The van der Waals surface area contributed by atoms with Crippen LogP contribution in [0, 0.1) is 0 Å². The summed E-state index contributed by atoms with van der Waals surface area (Å²) >= 11 is 6.25. The molecule has 0 saturated carbocycles. The van der Waals surface area contributed by atoms with Crippen LogP contribution in [-0.4, -0.2) is 29.7 Å². The number of halogens is 1. The number of fused-ring (bicyclic) bond motifs is 3. The first kappa shape index (κ1) is 19.2. The normalized spacial score (nSPS) is 15.2. The molecule has 0 fully saturated rings. The van der Waals surface area contributed by atoms with Crippen molar-refractivity contribution in [2.45, 2.75) is 19.5 Å². The van der Waals surface area contributed by atoms with Gasteiger partial charge in [-0.1, -0.05) is 29.8 Å². The van der Waals surface area contributed by atoms with E-state index in [-0.39, 0.29) is 12.1 Å². The van der Waals surface area contributed by atoms with Gasteiger partial charge in [0.25, 0.3) is 0 Å². The predicted molar refractivity (Wildman–Crippen MR) is 113 cm³/mol. The molecule has 0 saturated heterocycles. The smallest absolute Gasteiger partial charge is 0.322 e. The molecule has 0 radical (unpaired) electrons. The average Bonchev–Trinajstić information content (AvgIpc) is 3.17. The minimum absolute atomic E-state index is 0.128. The molecule has 3 aromatic rings. The summed E-state index contributed by atoms with van der Waals surface area (Å²) in [6.45, 7) is 2.51. The molecule has 0 aliphatic carbocycles. The van der Waals surface area contributed by atoms with Crippen molar-refractivity contribution < 1.29 is 14.3 Å². The van der Waals surface area contributed by atoms with Crippen molar-refractivity contribution in [2.75, 3.05) is 19.5 Å². The molecular formula is C22H22ClN3O3. The maximum atomic E-state index is 13.3. The van der Waals surface area contributed by atoms with Crippen LogP contribution in [0.5, 0.6) is 11.5 Å². The second-order valence-electron chi connectivity index (χ2n) is 6.85. The first-order chi connectivity index (χ1) is 14.0. The largest absolute Gasteiger partial charge is 0.495 e. The van der Waals surface area contributed by atoms with E-state index in [0.29, 0.717) is 28.8 Å². The molecule has 1 aliphatic heterocycles. The lowest BCUT2D eigenvalue weighted by atomic mass is 10.1. The van der Waals surface area contributed by atoms with Gasteiger partial charge in [-0.15, -0.1) is 0 Å². The van der Waals surface area contributed by atoms with Gasteiger partial charge in [0.05, 0.1) is 43.2 Å². The first-order valence-corrected chi connectivity index (χ1v) is 9.66. The number of methoxy groups -OCH3 is 2. The van der Waals surface area contributed by atoms with Gasteiger partial charge < -0.3 is 24.3 Å². The number of urea groups is 1. The van der Waals surface area contributed by atoms with Crippen LogP contribution in [0.25, 0.3) is 5.69 Å². The molecule has 7 heteroatoms. The maximum absolute atomic E-state index is 13.3. The van der Waals surface area contributed by atoms with Gasteiger partial charge in [0.1, 0.15) is 11.5 Å². The highest BCUT2D eigenvalue weighted by atomic mass is 35.5. The van der Waals surface area contributed by atoms with Gasteiger partial charge in [-0.3, -0.25) is 0 Å². The van der Waals surface area contributed by atoms with E-state index in [1.807, 2.05) is 43.5 Å². The fourth-order valence-corrected chi connectivity index (χ4v) is 3.95. The number of amides is 2. The quantitative estimate of drug-likeness (QED) is 0.639. The van der Waals surface area contributed by atoms with Gasteiger partial charge in [0.2, 0.25) is 0 Å². The van der Waals surface area contributed by atoms with Crippen LogP contribution in [-0.2, 0) is 6.54 Å². The van der Waals surface area contributed by atoms with Crippen molar-refractivity contribution in [2.24, 2.45) is 0 Å². The second-order valence-corrected chi connectivity index (χ2v) is 7.26. The van der Waals surface area contributed by atoms with Crippen LogP contribution in [0.2, 0.25) is 5.02 Å². The van der Waals surface area contributed by atoms with E-state index in [1.165, 1.54) is 14.2 Å². The Morgan fingerprint density at radius 2 is 1.86 bits per heavy atom. The van der Waals surface area contributed by atoms with Gasteiger partial charge in [-0.25, -0.2) is 4.79 Å². The number of para-hydroxylation sites is 1. The molecule has 0 unspecified atom stereocenters. The lowest BCUT2D eigenvalue weighted by Gasteiger charge is -2.28. The second kappa shape index (κ2) is 7.72. The minimum Gasteiger partial charge on any atom is -0.495 e. The zero-order valence-corrected chi connectivity index (χ0v) is 17.2. The van der Waals surface area contributed by atoms with E-state index in [9.17, 15) is 4.79 Å². The van der Waals surface area contributed by atoms with Gasteiger partial charge in [-0.05, 0) is 36.8 Å². The molecular weight excluding hydrogens is 390 g/mol. The summed E-state index contributed by atoms with van der Waals surface area (Å²) in [5.41, 5.74) is 3.69. The zero-order valence-electron chi connectivity index (χ0n) is 16.5. The molecule has 29 heavy (non-hydrogen) atoms. The van der Waals surface area contributed by atoms with Crippen LogP contribution in [0.1, 0.15) is 24.2 Å². The van der Waals surface area contributed by atoms with Crippen molar-refractivity contribution in [1.82, 2.24) is 9.47 Å². The van der Waals surface area contributed by atoms with Crippen LogP contribution < -0.4 is 14.8 Å². The zero-order chi connectivity index (χ0) is 20.5. The molecule has 150 valence electrons. The third-order valence-corrected chi connectivity index (χ3v) is 5.54. The third kappa shape index (κ3) is 3.40. The topological polar surface area (TPSA) is 55.7 Å². The van der Waals surface area contributed by atoms with Crippen molar-refractivity contribution in [1.29, 1.82) is 0 Å². The molecule has 1 N–H and O–H groups in total. The number of carbonyl (C=O) groups is 1. The first-order valence-electron chi connectivity index (χ1n) is 9.28. The summed E-state index contributed by atoms with van der Waals surface area (Å²) in [6, 6.07) is 15.1. The van der Waals surface area contributed by atoms with Crippen LogP contribution >= 0.6 is 11.6 Å². The molecule has 0 spiro atoms. The number of rotatable bonds is 3. The number of carbonyl (C=O) groups excluding carboxylic acids is 1. The number of aromatic nitrogens is 1. The summed E-state index contributed by atoms with van der Waals surface area (Å²) in [7, 11) is 3.07. The number of benzene rings is 2. The molecule has 4 rings (SSSR count). The fourth-order valence-electron chi connectivity index (χ4n) is 3.71. The highest BCUT2D eigenvalue weighted by Gasteiger charge is 2.29. The van der Waals surface area contributed by atoms with Gasteiger partial charge in [-0.2, -0.15) is 0 Å². The highest BCUT2D eigenvalue weighted by molar-refractivity contribution is 6.32. The van der Waals surface area contributed by atoms with Crippen molar-refractivity contribution in [3.63, 3.8) is 0 Å². The fraction of sp³-hybridized carbons (Fsp3) is 0.227. The lowest BCUT2D eigenvalue weighted by Crippen LogP contribution is -2.36. The molecule has 1 aromatic heterocycles. The standard InChI is InChI=1S/C22H22ClN3O3/c1-14-18-9-6-10-25(18)19-8-5-4-7-15(19)13-26(14)22(27)24-17-11-16(23)20(28-2)12-21(17)29-3/h4-12,14H,13H2,1-3H3,(H,24,27)/t14-/m0/s1. The summed E-state index contributed by atoms with van der Waals surface area (Å²) in [5.74, 6) is 0.960. The van der Waals surface area contributed by atoms with Crippen LogP contribution in [0.4, 0.5) is 10.5 Å². The summed E-state index contributed by atoms with van der Waals surface area (Å²) in [4.78, 5) is 15.1. The van der Waals surface area contributed by atoms with E-state index in [4.69, 9.17) is 21.1 Å². The number of nitrogens with one attached hydrogen (secondary N) is 1. The van der Waals surface area contributed by atoms with Crippen LogP contribution in [0.15, 0.2) is 54.7 Å². The highest BCUT2D eigenvalue weighted by Crippen LogP contribution is 2.37. The molecule has 1 atom stereocenters. The van der Waals surface area contributed by atoms with Crippen molar-refractivity contribution in [3.8, 4) is 17.2 Å². The molecule has 1 aliphatic rings. The lowest BCUT2D eigenvalue weighted by molar-refractivity contribution is 0.189. The Balaban J connectivity index is 1.69. The Labute approximate surface area is 174 Å². The van der Waals surface area contributed by atoms with E-state index >= 15 is 0 Å². The van der Waals surface area contributed by atoms with Crippen molar-refractivity contribution >= 4 is 23.3 Å². The number of nitrogens with zero attached hydrogens (tertiary/aromatic N) is 2. The summed E-state index contributed by atoms with van der Waals surface area (Å²) < 4.78 is 12.8. The molecule has 2 aromatic carbocycles. The summed E-state index contributed by atoms with van der Waals surface area (Å²) in [6.07, 6.45) is 2.03. The van der Waals surface area contributed by atoms with E-state index in [0.717, 1.165) is 16.9 Å². The van der Waals surface area contributed by atoms with E-state index < -0.39 is 0 Å². The Hall–Kier alpha value is -3.12. The Bertz CT molecular complexity index is 1060. The SMILES string of the molecule is COc1cc(OC)c(NC(=O)N2Cc3ccccc3-n3cccc3[C@@H]2C)cc1Cl. The number of ether oxygens (including phenoxy) is 2. The Kier molecular flexibility index (Phi) is 5.11. The number of anilines is 1. The monoisotopic (exact) mass is 411 g/mol. The molecule has 2 amide bonds. The Morgan fingerprint density at radius 3 is 2.62 bits per heavy atom. The maximum Gasteiger partial charge on any atom is 0.322 e. The Morgan fingerprint density at radius 1 is 1.10 bits per heavy atom. The number of hydrogen-bond acceptors (Lipinski definition) is 3. The van der Waals surface area contributed by atoms with Gasteiger partial charge >= 0.3 is 6.03 Å². The molecule has 2 heterocycles. The van der Waals surface area contributed by atoms with Crippen LogP contribution in [0.3, 0.4) is 0 Å². The number of hydrogen-bond donors (Lipinski definition) is 1. The van der Waals surface area contributed by atoms with Gasteiger partial charge in [0, 0.05) is 18.0 Å². The third-order valence-electron chi connectivity index (χ3n) is 5.24. The molecule has 6 nitrogen and oxygen atoms in total. The van der Waals surface area contributed by atoms with E-state index in [1.54, 1.807) is 17.0 Å².